The minimum atomic E-state index is -0.876. The van der Waals surface area contributed by atoms with E-state index in [9.17, 15) is 14.4 Å². The molecule has 4 rings (SSSR count). The number of benzene rings is 1. The zero-order chi connectivity index (χ0) is 24.1. The summed E-state index contributed by atoms with van der Waals surface area (Å²) >= 11 is 0. The van der Waals surface area contributed by atoms with Gasteiger partial charge in [0.2, 0.25) is 0 Å². The predicted molar refractivity (Wildman–Crippen MR) is 120 cm³/mol. The molecule has 0 aliphatic carbocycles. The van der Waals surface area contributed by atoms with Gasteiger partial charge in [-0.1, -0.05) is 18.2 Å². The molecule has 2 aromatic heterocycles. The largest absolute Gasteiger partial charge is 0.464 e. The molecule has 10 heteroatoms. The van der Waals surface area contributed by atoms with Gasteiger partial charge in [0.25, 0.3) is 0 Å². The van der Waals surface area contributed by atoms with Crippen molar-refractivity contribution >= 4 is 18.0 Å². The number of carbonyl (C=O) groups excluding carboxylic acids is 3. The number of aryl methyl sites for hydroxylation is 1. The van der Waals surface area contributed by atoms with Crippen LogP contribution in [0.15, 0.2) is 70.5 Å². The van der Waals surface area contributed by atoms with Crippen molar-refractivity contribution in [2.75, 3.05) is 13.2 Å². The highest BCUT2D eigenvalue weighted by molar-refractivity contribution is 5.95. The first-order valence-electron chi connectivity index (χ1n) is 10.7. The van der Waals surface area contributed by atoms with Crippen LogP contribution in [0.5, 0.6) is 0 Å². The number of rotatable bonds is 8. The van der Waals surface area contributed by atoms with E-state index in [-0.39, 0.29) is 30.9 Å². The van der Waals surface area contributed by atoms with E-state index in [1.54, 1.807) is 43.1 Å². The molecule has 3 heterocycles. The van der Waals surface area contributed by atoms with E-state index >= 15 is 0 Å². The number of aromatic nitrogens is 2. The van der Waals surface area contributed by atoms with E-state index in [1.165, 1.54) is 0 Å². The second kappa shape index (κ2) is 10.1. The summed E-state index contributed by atoms with van der Waals surface area (Å²) in [5, 5.41) is 9.47. The molecule has 34 heavy (non-hydrogen) atoms. The lowest BCUT2D eigenvalue weighted by atomic mass is 10.0. The second-order valence-corrected chi connectivity index (χ2v) is 7.56. The van der Waals surface area contributed by atoms with E-state index in [4.69, 9.17) is 13.9 Å². The SMILES string of the molecule is CCOC(=O)C1=C(COC(=O)Cc2cnn(-c3ccccc3)c2)NC(=O)N[C@@H]1c1ccc(C)o1. The Bertz CT molecular complexity index is 1230. The first kappa shape index (κ1) is 22.8. The van der Waals surface area contributed by atoms with Crippen LogP contribution in [0.2, 0.25) is 0 Å². The average Bonchev–Trinajstić information content (AvgIpc) is 3.47. The molecule has 0 bridgehead atoms. The van der Waals surface area contributed by atoms with Crippen LogP contribution in [0.25, 0.3) is 5.69 Å². The normalized spacial score (nSPS) is 15.5. The highest BCUT2D eigenvalue weighted by atomic mass is 16.5. The highest BCUT2D eigenvalue weighted by Crippen LogP contribution is 2.29. The van der Waals surface area contributed by atoms with Gasteiger partial charge in [-0.3, -0.25) is 4.79 Å². The van der Waals surface area contributed by atoms with E-state index in [0.717, 1.165) is 5.69 Å². The molecule has 3 aromatic rings. The van der Waals surface area contributed by atoms with Crippen molar-refractivity contribution < 1.29 is 28.3 Å². The van der Waals surface area contributed by atoms with Crippen LogP contribution >= 0.6 is 0 Å². The third-order valence-corrected chi connectivity index (χ3v) is 5.08. The minimum absolute atomic E-state index is 0.0259. The maximum Gasteiger partial charge on any atom is 0.338 e. The number of amides is 2. The third-order valence-electron chi connectivity index (χ3n) is 5.08. The van der Waals surface area contributed by atoms with E-state index in [2.05, 4.69) is 15.7 Å². The molecule has 176 valence electrons. The fourth-order valence-corrected chi connectivity index (χ4v) is 3.55. The molecule has 1 aliphatic heterocycles. The lowest BCUT2D eigenvalue weighted by Crippen LogP contribution is -2.47. The number of furan rings is 1. The summed E-state index contributed by atoms with van der Waals surface area (Å²) in [6.45, 7) is 3.25. The van der Waals surface area contributed by atoms with Crippen molar-refractivity contribution in [3.63, 3.8) is 0 Å². The quantitative estimate of drug-likeness (QED) is 0.491. The van der Waals surface area contributed by atoms with Crippen molar-refractivity contribution in [2.24, 2.45) is 0 Å². The van der Waals surface area contributed by atoms with Gasteiger partial charge in [-0.25, -0.2) is 14.3 Å². The molecule has 1 aliphatic rings. The van der Waals surface area contributed by atoms with Gasteiger partial charge in [0, 0.05) is 11.8 Å². The Morgan fingerprint density at radius 3 is 2.65 bits per heavy atom. The van der Waals surface area contributed by atoms with Gasteiger partial charge >= 0.3 is 18.0 Å². The number of para-hydroxylation sites is 1. The Balaban J connectivity index is 1.49. The lowest BCUT2D eigenvalue weighted by molar-refractivity contribution is -0.143. The zero-order valence-corrected chi connectivity index (χ0v) is 18.7. The summed E-state index contributed by atoms with van der Waals surface area (Å²) in [5.74, 6) is -0.201. The molecule has 2 N–H and O–H groups in total. The molecular weight excluding hydrogens is 440 g/mol. The number of hydrogen-bond donors (Lipinski definition) is 2. The Morgan fingerprint density at radius 2 is 1.94 bits per heavy atom. The van der Waals surface area contributed by atoms with Gasteiger partial charge in [0.15, 0.2) is 0 Å². The van der Waals surface area contributed by atoms with Crippen molar-refractivity contribution in [1.29, 1.82) is 0 Å². The zero-order valence-electron chi connectivity index (χ0n) is 18.7. The standard InChI is InChI=1S/C24H24N4O6/c1-3-32-23(30)21-18(26-24(31)27-22(21)19-10-9-15(2)34-19)14-33-20(29)11-16-12-25-28(13-16)17-7-5-4-6-8-17/h4-10,12-13,22H,3,11,14H2,1-2H3,(H2,26,27,31)/t22-/m1/s1. The summed E-state index contributed by atoms with van der Waals surface area (Å²) in [7, 11) is 0. The van der Waals surface area contributed by atoms with Gasteiger partial charge in [0.1, 0.15) is 24.2 Å². The molecule has 0 saturated carbocycles. The second-order valence-electron chi connectivity index (χ2n) is 7.56. The van der Waals surface area contributed by atoms with Crippen molar-refractivity contribution in [1.82, 2.24) is 20.4 Å². The third kappa shape index (κ3) is 5.17. The molecule has 10 nitrogen and oxygen atoms in total. The van der Waals surface area contributed by atoms with Gasteiger partial charge in [-0.2, -0.15) is 5.10 Å². The monoisotopic (exact) mass is 464 g/mol. The van der Waals surface area contributed by atoms with Crippen molar-refractivity contribution in [3.05, 3.63) is 83.2 Å². The molecule has 1 atom stereocenters. The number of urea groups is 1. The predicted octanol–water partition coefficient (Wildman–Crippen LogP) is 2.73. The maximum atomic E-state index is 12.7. The number of nitrogens with one attached hydrogen (secondary N) is 2. The lowest BCUT2D eigenvalue weighted by Gasteiger charge is -2.27. The topological polar surface area (TPSA) is 125 Å². The summed E-state index contributed by atoms with van der Waals surface area (Å²) < 4.78 is 17.8. The molecule has 2 amide bonds. The molecule has 0 unspecified atom stereocenters. The van der Waals surface area contributed by atoms with Crippen LogP contribution in [-0.4, -0.2) is 41.0 Å². The number of ether oxygens (including phenoxy) is 2. The summed E-state index contributed by atoms with van der Waals surface area (Å²) in [5.41, 5.74) is 1.77. The van der Waals surface area contributed by atoms with Gasteiger partial charge < -0.3 is 24.5 Å². The maximum absolute atomic E-state index is 12.7. The van der Waals surface area contributed by atoms with E-state index < -0.39 is 24.0 Å². The first-order chi connectivity index (χ1) is 16.4. The van der Waals surface area contributed by atoms with Crippen LogP contribution in [0.1, 0.15) is 30.0 Å². The molecule has 0 spiro atoms. The number of esters is 2. The number of hydrogen-bond acceptors (Lipinski definition) is 7. The van der Waals surface area contributed by atoms with Crippen LogP contribution in [0.3, 0.4) is 0 Å². The van der Waals surface area contributed by atoms with Crippen molar-refractivity contribution in [2.45, 2.75) is 26.3 Å². The first-order valence-corrected chi connectivity index (χ1v) is 10.7. The van der Waals surface area contributed by atoms with Crippen molar-refractivity contribution in [3.8, 4) is 5.69 Å². The highest BCUT2D eigenvalue weighted by Gasteiger charge is 2.36. The van der Waals surface area contributed by atoms with E-state index in [1.807, 2.05) is 30.3 Å². The Hall–Kier alpha value is -4.34. The minimum Gasteiger partial charge on any atom is -0.464 e. The van der Waals surface area contributed by atoms with E-state index in [0.29, 0.717) is 17.1 Å². The Kier molecular flexibility index (Phi) is 6.77. The average molecular weight is 464 g/mol. The molecule has 0 fully saturated rings. The summed E-state index contributed by atoms with van der Waals surface area (Å²) in [4.78, 5) is 37.5. The Labute approximate surface area is 195 Å². The summed E-state index contributed by atoms with van der Waals surface area (Å²) in [6, 6.07) is 11.4. The molecule has 0 saturated heterocycles. The van der Waals surface area contributed by atoms with Crippen LogP contribution < -0.4 is 10.6 Å². The fourth-order valence-electron chi connectivity index (χ4n) is 3.55. The molecule has 1 aromatic carbocycles. The summed E-state index contributed by atoms with van der Waals surface area (Å²) in [6.07, 6.45) is 3.29. The molecule has 0 radical (unpaired) electrons. The van der Waals surface area contributed by atoms with Gasteiger partial charge in [-0.15, -0.1) is 0 Å². The smallest absolute Gasteiger partial charge is 0.338 e. The number of carbonyl (C=O) groups is 3. The molecular formula is C24H24N4O6. The Morgan fingerprint density at radius 1 is 1.15 bits per heavy atom. The van der Waals surface area contributed by atoms with Crippen LogP contribution in [0, 0.1) is 6.92 Å². The van der Waals surface area contributed by atoms with Crippen LogP contribution in [-0.2, 0) is 25.5 Å². The van der Waals surface area contributed by atoms with Crippen LogP contribution in [0.4, 0.5) is 4.79 Å². The number of nitrogens with zero attached hydrogens (tertiary/aromatic N) is 2. The van der Waals surface area contributed by atoms with Gasteiger partial charge in [-0.05, 0) is 38.1 Å². The fraction of sp³-hybridized carbons (Fsp3) is 0.250. The van der Waals surface area contributed by atoms with Gasteiger partial charge in [0.05, 0.1) is 36.2 Å².